The standard InChI is InChI=1S/C20H14Cl2IN3O3/c21-15-3-2-14(18(22)10-15)12-29-20-8-1-13(9-19(20)23)11-24-25-16-4-6-17(7-5-16)26(27)28/h1-11,25H,12H2/b24-11+. The smallest absolute Gasteiger partial charge is 0.269 e. The molecule has 0 amide bonds. The van der Waals surface area contributed by atoms with E-state index in [1.807, 2.05) is 24.3 Å². The first kappa shape index (κ1) is 21.4. The van der Waals surface area contributed by atoms with Gasteiger partial charge in [0.05, 0.1) is 20.4 Å². The molecule has 3 rings (SSSR count). The Balaban J connectivity index is 1.59. The van der Waals surface area contributed by atoms with E-state index in [1.54, 1.807) is 30.5 Å². The summed E-state index contributed by atoms with van der Waals surface area (Å²) in [6.45, 7) is 0.334. The molecular weight excluding hydrogens is 528 g/mol. The first-order valence-electron chi connectivity index (χ1n) is 8.32. The van der Waals surface area contributed by atoms with E-state index in [4.69, 9.17) is 27.9 Å². The van der Waals surface area contributed by atoms with E-state index >= 15 is 0 Å². The van der Waals surface area contributed by atoms with Crippen LogP contribution in [0.1, 0.15) is 11.1 Å². The summed E-state index contributed by atoms with van der Waals surface area (Å²) in [5.41, 5.74) is 5.25. The molecule has 0 fully saturated rings. The van der Waals surface area contributed by atoms with Crippen LogP contribution in [0.4, 0.5) is 11.4 Å². The van der Waals surface area contributed by atoms with E-state index in [0.717, 1.165) is 20.4 Å². The lowest BCUT2D eigenvalue weighted by Gasteiger charge is -2.10. The van der Waals surface area contributed by atoms with Gasteiger partial charge in [0.2, 0.25) is 0 Å². The van der Waals surface area contributed by atoms with Crippen LogP contribution in [-0.4, -0.2) is 11.1 Å². The highest BCUT2D eigenvalue weighted by Crippen LogP contribution is 2.26. The topological polar surface area (TPSA) is 76.8 Å². The quantitative estimate of drug-likeness (QED) is 0.160. The normalized spacial score (nSPS) is 10.9. The second-order valence-corrected chi connectivity index (χ2v) is 7.89. The number of hydrazone groups is 1. The first-order valence-corrected chi connectivity index (χ1v) is 10.2. The van der Waals surface area contributed by atoms with Gasteiger partial charge in [-0.25, -0.2) is 0 Å². The van der Waals surface area contributed by atoms with Crippen LogP contribution >= 0.6 is 45.8 Å². The first-order chi connectivity index (χ1) is 13.9. The third kappa shape index (κ3) is 6.06. The van der Waals surface area contributed by atoms with Gasteiger partial charge >= 0.3 is 0 Å². The number of nitro groups is 1. The molecule has 0 saturated heterocycles. The molecule has 0 radical (unpaired) electrons. The van der Waals surface area contributed by atoms with Crippen LogP contribution in [0.3, 0.4) is 0 Å². The zero-order valence-electron chi connectivity index (χ0n) is 14.8. The fourth-order valence-electron chi connectivity index (χ4n) is 2.35. The number of anilines is 1. The molecule has 0 unspecified atom stereocenters. The van der Waals surface area contributed by atoms with Crippen molar-refractivity contribution in [1.29, 1.82) is 0 Å². The highest BCUT2D eigenvalue weighted by atomic mass is 127. The lowest BCUT2D eigenvalue weighted by atomic mass is 10.2. The van der Waals surface area contributed by atoms with Gasteiger partial charge in [-0.3, -0.25) is 15.5 Å². The van der Waals surface area contributed by atoms with Gasteiger partial charge in [-0.05, 0) is 70.6 Å². The van der Waals surface area contributed by atoms with Crippen molar-refractivity contribution in [2.45, 2.75) is 6.61 Å². The zero-order valence-corrected chi connectivity index (χ0v) is 18.5. The summed E-state index contributed by atoms with van der Waals surface area (Å²) in [4.78, 5) is 10.2. The summed E-state index contributed by atoms with van der Waals surface area (Å²) < 4.78 is 6.78. The van der Waals surface area contributed by atoms with Crippen LogP contribution in [0.2, 0.25) is 10.0 Å². The Morgan fingerprint density at radius 1 is 1.10 bits per heavy atom. The monoisotopic (exact) mass is 541 g/mol. The molecule has 0 bridgehead atoms. The minimum atomic E-state index is -0.445. The van der Waals surface area contributed by atoms with Crippen LogP contribution < -0.4 is 10.2 Å². The number of nitrogens with zero attached hydrogens (tertiary/aromatic N) is 2. The van der Waals surface area contributed by atoms with Gasteiger partial charge in [-0.1, -0.05) is 29.3 Å². The average molecular weight is 542 g/mol. The molecule has 148 valence electrons. The molecule has 0 saturated carbocycles. The predicted molar refractivity (Wildman–Crippen MR) is 124 cm³/mol. The van der Waals surface area contributed by atoms with E-state index in [9.17, 15) is 10.1 Å². The minimum Gasteiger partial charge on any atom is -0.488 e. The molecule has 0 aliphatic heterocycles. The predicted octanol–water partition coefficient (Wildman–Crippen LogP) is 6.53. The van der Waals surface area contributed by atoms with Crippen molar-refractivity contribution in [3.05, 3.63) is 95.5 Å². The second kappa shape index (κ2) is 9.91. The second-order valence-electron chi connectivity index (χ2n) is 5.89. The summed E-state index contributed by atoms with van der Waals surface area (Å²) in [5.74, 6) is 0.733. The summed E-state index contributed by atoms with van der Waals surface area (Å²) in [5, 5.41) is 16.0. The molecule has 3 aromatic carbocycles. The third-order valence-electron chi connectivity index (χ3n) is 3.84. The number of nitro benzene ring substituents is 1. The van der Waals surface area contributed by atoms with Gasteiger partial charge < -0.3 is 4.74 Å². The third-order valence-corrected chi connectivity index (χ3v) is 5.27. The average Bonchev–Trinajstić information content (AvgIpc) is 2.69. The maximum absolute atomic E-state index is 10.7. The molecule has 0 heterocycles. The van der Waals surface area contributed by atoms with Gasteiger partial charge in [0.15, 0.2) is 0 Å². The number of hydrogen-bond donors (Lipinski definition) is 1. The van der Waals surface area contributed by atoms with Crippen molar-refractivity contribution < 1.29 is 9.66 Å². The highest BCUT2D eigenvalue weighted by molar-refractivity contribution is 14.1. The maximum Gasteiger partial charge on any atom is 0.269 e. The number of non-ortho nitro benzene ring substituents is 1. The minimum absolute atomic E-state index is 0.0320. The zero-order chi connectivity index (χ0) is 20.8. The van der Waals surface area contributed by atoms with Gasteiger partial charge in [0, 0.05) is 27.7 Å². The highest BCUT2D eigenvalue weighted by Gasteiger charge is 2.06. The van der Waals surface area contributed by atoms with E-state index in [2.05, 4.69) is 33.1 Å². The molecule has 3 aromatic rings. The molecule has 0 aliphatic rings. The molecule has 0 aliphatic carbocycles. The molecule has 29 heavy (non-hydrogen) atoms. The van der Waals surface area contributed by atoms with E-state index in [1.165, 1.54) is 12.1 Å². The van der Waals surface area contributed by atoms with Crippen LogP contribution in [0.5, 0.6) is 5.75 Å². The van der Waals surface area contributed by atoms with Crippen molar-refractivity contribution in [3.63, 3.8) is 0 Å². The fourth-order valence-corrected chi connectivity index (χ4v) is 3.51. The summed E-state index contributed by atoms with van der Waals surface area (Å²) in [6, 6.07) is 17.0. The lowest BCUT2D eigenvalue weighted by molar-refractivity contribution is -0.384. The number of benzene rings is 3. The maximum atomic E-state index is 10.7. The summed E-state index contributed by atoms with van der Waals surface area (Å²) >= 11 is 14.3. The summed E-state index contributed by atoms with van der Waals surface area (Å²) in [6.07, 6.45) is 1.66. The van der Waals surface area contributed by atoms with Crippen molar-refractivity contribution >= 4 is 63.4 Å². The largest absolute Gasteiger partial charge is 0.488 e. The number of ether oxygens (including phenoxy) is 1. The Morgan fingerprint density at radius 2 is 1.86 bits per heavy atom. The van der Waals surface area contributed by atoms with Crippen LogP contribution in [-0.2, 0) is 6.61 Å². The van der Waals surface area contributed by atoms with Crippen LogP contribution in [0.15, 0.2) is 65.8 Å². The van der Waals surface area contributed by atoms with Crippen molar-refractivity contribution in [2.75, 3.05) is 5.43 Å². The molecule has 9 heteroatoms. The van der Waals surface area contributed by atoms with E-state index < -0.39 is 4.92 Å². The van der Waals surface area contributed by atoms with Crippen molar-refractivity contribution in [2.24, 2.45) is 5.10 Å². The van der Waals surface area contributed by atoms with Gasteiger partial charge in [0.25, 0.3) is 5.69 Å². The molecule has 0 aromatic heterocycles. The SMILES string of the molecule is O=[N+]([O-])c1ccc(N/N=C/c2ccc(OCc3ccc(Cl)cc3Cl)c(I)c2)cc1. The number of rotatable bonds is 7. The van der Waals surface area contributed by atoms with Crippen molar-refractivity contribution in [1.82, 2.24) is 0 Å². The molecular formula is C20H14Cl2IN3O3. The Kier molecular flexibility index (Phi) is 7.29. The van der Waals surface area contributed by atoms with E-state index in [-0.39, 0.29) is 5.69 Å². The van der Waals surface area contributed by atoms with Gasteiger partial charge in [-0.15, -0.1) is 0 Å². The Labute approximate surface area is 190 Å². The summed E-state index contributed by atoms with van der Waals surface area (Å²) in [7, 11) is 0. The molecule has 6 nitrogen and oxygen atoms in total. The van der Waals surface area contributed by atoms with Crippen LogP contribution in [0, 0.1) is 13.7 Å². The van der Waals surface area contributed by atoms with Crippen molar-refractivity contribution in [3.8, 4) is 5.75 Å². The Hall–Kier alpha value is -2.36. The molecule has 0 atom stereocenters. The Morgan fingerprint density at radius 3 is 2.52 bits per heavy atom. The Bertz CT molecular complexity index is 1060. The lowest BCUT2D eigenvalue weighted by Crippen LogP contribution is -1.99. The van der Waals surface area contributed by atoms with Crippen LogP contribution in [0.25, 0.3) is 0 Å². The fraction of sp³-hybridized carbons (Fsp3) is 0.0500. The number of hydrogen-bond acceptors (Lipinski definition) is 5. The van der Waals surface area contributed by atoms with Gasteiger partial charge in [-0.2, -0.15) is 5.10 Å². The molecule has 1 N–H and O–H groups in total. The van der Waals surface area contributed by atoms with E-state index in [0.29, 0.717) is 22.3 Å². The number of nitrogens with one attached hydrogen (secondary N) is 1. The molecule has 0 spiro atoms. The number of halogens is 3. The van der Waals surface area contributed by atoms with Gasteiger partial charge in [0.1, 0.15) is 12.4 Å².